The molecule has 0 heterocycles. The van der Waals surface area contributed by atoms with Crippen LogP contribution in [0, 0.1) is 3.57 Å². The zero-order valence-corrected chi connectivity index (χ0v) is 17.1. The Kier molecular flexibility index (Phi) is 5.32. The zero-order valence-electron chi connectivity index (χ0n) is 12.6. The molecule has 122 valence electrons. The van der Waals surface area contributed by atoms with Crippen molar-refractivity contribution in [3.05, 3.63) is 67.2 Å². The van der Waals surface area contributed by atoms with Crippen LogP contribution in [0.3, 0.4) is 0 Å². The van der Waals surface area contributed by atoms with Crippen molar-refractivity contribution in [2.75, 3.05) is 12.4 Å². The van der Waals surface area contributed by atoms with E-state index in [9.17, 15) is 4.79 Å². The average molecular weight is 517 g/mol. The van der Waals surface area contributed by atoms with Crippen LogP contribution in [0.15, 0.2) is 53.0 Å². The van der Waals surface area contributed by atoms with Gasteiger partial charge in [-0.3, -0.25) is 4.79 Å². The van der Waals surface area contributed by atoms with E-state index < -0.39 is 0 Å². The van der Waals surface area contributed by atoms with Crippen molar-refractivity contribution in [3.63, 3.8) is 0 Å². The van der Waals surface area contributed by atoms with Crippen molar-refractivity contribution in [3.8, 4) is 5.75 Å². The molecule has 24 heavy (non-hydrogen) atoms. The number of halogens is 3. The molecule has 0 spiro atoms. The van der Waals surface area contributed by atoms with Crippen LogP contribution >= 0.6 is 50.1 Å². The Morgan fingerprint density at radius 2 is 1.96 bits per heavy atom. The van der Waals surface area contributed by atoms with E-state index in [1.165, 1.54) is 0 Å². The van der Waals surface area contributed by atoms with Gasteiger partial charge in [-0.15, -0.1) is 0 Å². The third-order valence-electron chi connectivity index (χ3n) is 3.57. The molecule has 6 heteroatoms. The summed E-state index contributed by atoms with van der Waals surface area (Å²) in [4.78, 5) is 12.8. The summed E-state index contributed by atoms with van der Waals surface area (Å²) >= 11 is 11.9. The summed E-state index contributed by atoms with van der Waals surface area (Å²) in [6.45, 7) is 0. The lowest BCUT2D eigenvalue weighted by atomic mass is 10.1. The molecule has 0 saturated carbocycles. The number of carbonyl (C=O) groups is 1. The maximum atomic E-state index is 12.8. The highest BCUT2D eigenvalue weighted by molar-refractivity contribution is 14.1. The lowest BCUT2D eigenvalue weighted by molar-refractivity contribution is 0.102. The summed E-state index contributed by atoms with van der Waals surface area (Å²) in [5.74, 6) is 0.217. The normalized spacial score (nSPS) is 10.7. The van der Waals surface area contributed by atoms with Crippen LogP contribution in [-0.4, -0.2) is 13.0 Å². The van der Waals surface area contributed by atoms with Crippen LogP contribution in [0.25, 0.3) is 10.8 Å². The van der Waals surface area contributed by atoms with Gasteiger partial charge in [0.05, 0.1) is 27.9 Å². The molecule has 0 radical (unpaired) electrons. The summed E-state index contributed by atoms with van der Waals surface area (Å²) in [5, 5.41) is 5.27. The number of nitrogens with one attached hydrogen (secondary N) is 1. The Labute approximate surface area is 166 Å². The van der Waals surface area contributed by atoms with E-state index in [2.05, 4.69) is 43.8 Å². The van der Waals surface area contributed by atoms with Gasteiger partial charge in [0.15, 0.2) is 0 Å². The first kappa shape index (κ1) is 17.5. The number of methoxy groups -OCH3 is 1. The summed E-state index contributed by atoms with van der Waals surface area (Å²) in [6, 6.07) is 15.1. The molecule has 1 N–H and O–H groups in total. The van der Waals surface area contributed by atoms with Crippen LogP contribution in [0.5, 0.6) is 5.75 Å². The first-order valence-corrected chi connectivity index (χ1v) is 9.28. The fourth-order valence-corrected chi connectivity index (χ4v) is 4.07. The van der Waals surface area contributed by atoms with Crippen LogP contribution in [0.2, 0.25) is 5.02 Å². The fourth-order valence-electron chi connectivity index (χ4n) is 2.43. The van der Waals surface area contributed by atoms with Gasteiger partial charge >= 0.3 is 0 Å². The van der Waals surface area contributed by atoms with Gasteiger partial charge in [-0.05, 0) is 73.6 Å². The lowest BCUT2D eigenvalue weighted by Crippen LogP contribution is -2.14. The number of hydrogen-bond donors (Lipinski definition) is 1. The predicted octanol–water partition coefficient (Wildman–Crippen LogP) is 6.12. The Hall–Kier alpha value is -1.31. The molecule has 0 atom stereocenters. The molecular formula is C18H12BrClINO2. The first-order chi connectivity index (χ1) is 11.5. The van der Waals surface area contributed by atoms with E-state index in [0.717, 1.165) is 18.8 Å². The van der Waals surface area contributed by atoms with Gasteiger partial charge in [0.2, 0.25) is 0 Å². The summed E-state index contributed by atoms with van der Waals surface area (Å²) in [7, 11) is 1.55. The van der Waals surface area contributed by atoms with E-state index in [-0.39, 0.29) is 5.91 Å². The molecule has 0 aromatic heterocycles. The number of fused-ring (bicyclic) bond motifs is 1. The number of ether oxygens (including phenoxy) is 1. The van der Waals surface area contributed by atoms with Crippen molar-refractivity contribution in [1.82, 2.24) is 0 Å². The molecule has 0 aliphatic rings. The number of amides is 1. The average Bonchev–Trinajstić information content (AvgIpc) is 2.57. The fraction of sp³-hybridized carbons (Fsp3) is 0.0556. The van der Waals surface area contributed by atoms with Gasteiger partial charge in [-0.25, -0.2) is 0 Å². The molecule has 3 aromatic rings. The molecular weight excluding hydrogens is 504 g/mol. The SMILES string of the molecule is COc1c(C(=O)Nc2ccc(I)cc2Cl)cc2ccccc2c1Br. The Morgan fingerprint density at radius 1 is 1.21 bits per heavy atom. The maximum Gasteiger partial charge on any atom is 0.259 e. The number of rotatable bonds is 3. The largest absolute Gasteiger partial charge is 0.495 e. The van der Waals surface area contributed by atoms with Crippen molar-refractivity contribution < 1.29 is 9.53 Å². The topological polar surface area (TPSA) is 38.3 Å². The minimum atomic E-state index is -0.276. The number of anilines is 1. The summed E-state index contributed by atoms with van der Waals surface area (Å²) in [5.41, 5.74) is 1.01. The van der Waals surface area contributed by atoms with E-state index in [0.29, 0.717) is 22.0 Å². The third-order valence-corrected chi connectivity index (χ3v) is 5.34. The van der Waals surface area contributed by atoms with Crippen LogP contribution < -0.4 is 10.1 Å². The third kappa shape index (κ3) is 3.38. The second-order valence-electron chi connectivity index (χ2n) is 5.07. The zero-order chi connectivity index (χ0) is 17.3. The van der Waals surface area contributed by atoms with E-state index in [1.807, 2.05) is 36.4 Å². The van der Waals surface area contributed by atoms with Gasteiger partial charge in [0.25, 0.3) is 5.91 Å². The number of hydrogen-bond acceptors (Lipinski definition) is 2. The van der Waals surface area contributed by atoms with Gasteiger partial charge in [0.1, 0.15) is 5.75 Å². The number of carbonyl (C=O) groups excluding carboxylic acids is 1. The van der Waals surface area contributed by atoms with Crippen molar-refractivity contribution >= 4 is 72.5 Å². The van der Waals surface area contributed by atoms with Gasteiger partial charge < -0.3 is 10.1 Å². The van der Waals surface area contributed by atoms with Crippen LogP contribution in [-0.2, 0) is 0 Å². The minimum Gasteiger partial charge on any atom is -0.495 e. The van der Waals surface area contributed by atoms with Crippen molar-refractivity contribution in [2.24, 2.45) is 0 Å². The molecule has 1 amide bonds. The van der Waals surface area contributed by atoms with Gasteiger partial charge in [0, 0.05) is 3.57 Å². The van der Waals surface area contributed by atoms with Crippen LogP contribution in [0.4, 0.5) is 5.69 Å². The minimum absolute atomic E-state index is 0.276. The van der Waals surface area contributed by atoms with E-state index in [4.69, 9.17) is 16.3 Å². The van der Waals surface area contributed by atoms with E-state index >= 15 is 0 Å². The molecule has 0 bridgehead atoms. The second kappa shape index (κ2) is 7.29. The van der Waals surface area contributed by atoms with Crippen molar-refractivity contribution in [2.45, 2.75) is 0 Å². The highest BCUT2D eigenvalue weighted by Crippen LogP contribution is 2.37. The Morgan fingerprint density at radius 3 is 2.67 bits per heavy atom. The second-order valence-corrected chi connectivity index (χ2v) is 7.52. The van der Waals surface area contributed by atoms with Gasteiger partial charge in [-0.1, -0.05) is 35.9 Å². The first-order valence-electron chi connectivity index (χ1n) is 7.03. The summed E-state index contributed by atoms with van der Waals surface area (Å²) < 4.78 is 7.20. The van der Waals surface area contributed by atoms with E-state index in [1.54, 1.807) is 19.2 Å². The molecule has 0 fully saturated rings. The van der Waals surface area contributed by atoms with Crippen LogP contribution in [0.1, 0.15) is 10.4 Å². The molecule has 0 unspecified atom stereocenters. The molecule has 3 aromatic carbocycles. The Balaban J connectivity index is 2.06. The summed E-state index contributed by atoms with van der Waals surface area (Å²) in [6.07, 6.45) is 0. The monoisotopic (exact) mass is 515 g/mol. The smallest absolute Gasteiger partial charge is 0.259 e. The molecule has 3 rings (SSSR count). The molecule has 0 saturated heterocycles. The van der Waals surface area contributed by atoms with Gasteiger partial charge in [-0.2, -0.15) is 0 Å². The standard InChI is InChI=1S/C18H12BrClINO2/c1-24-17-13(8-10-4-2-3-5-12(10)16(17)19)18(23)22-15-7-6-11(21)9-14(15)20/h2-9H,1H3,(H,22,23). The van der Waals surface area contributed by atoms with Crippen molar-refractivity contribution in [1.29, 1.82) is 0 Å². The Bertz CT molecular complexity index is 946. The molecule has 0 aliphatic carbocycles. The molecule has 0 aliphatic heterocycles. The quantitative estimate of drug-likeness (QED) is 0.426. The highest BCUT2D eigenvalue weighted by atomic mass is 127. The maximum absolute atomic E-state index is 12.8. The lowest BCUT2D eigenvalue weighted by Gasteiger charge is -2.14. The predicted molar refractivity (Wildman–Crippen MR) is 110 cm³/mol. The number of benzene rings is 3. The highest BCUT2D eigenvalue weighted by Gasteiger charge is 2.19. The molecule has 3 nitrogen and oxygen atoms in total.